The van der Waals surface area contributed by atoms with E-state index in [2.05, 4.69) is 5.10 Å². The first-order chi connectivity index (χ1) is 7.04. The summed E-state index contributed by atoms with van der Waals surface area (Å²) < 4.78 is 39.2. The van der Waals surface area contributed by atoms with E-state index >= 15 is 0 Å². The van der Waals surface area contributed by atoms with Crippen LogP contribution in [0.25, 0.3) is 10.9 Å². The van der Waals surface area contributed by atoms with Crippen molar-refractivity contribution >= 4 is 39.3 Å². The molecular formula is C8H5F3IN2P. The monoisotopic (exact) mass is 344 g/mol. The van der Waals surface area contributed by atoms with E-state index in [1.165, 1.54) is 10.5 Å². The standard InChI is InChI=1S/C8H5F3IN2P/c9-8(10,11)7-5-3-1-2-4-6(5)14(13-7)15-12/h1-4,15H. The quantitative estimate of drug-likeness (QED) is 0.568. The Morgan fingerprint density at radius 1 is 1.27 bits per heavy atom. The first-order valence-corrected chi connectivity index (χ1v) is 8.02. The fourth-order valence-electron chi connectivity index (χ4n) is 1.34. The molecule has 7 heteroatoms. The van der Waals surface area contributed by atoms with Gasteiger partial charge in [0.1, 0.15) is 0 Å². The first kappa shape index (κ1) is 11.1. The molecule has 2 rings (SSSR count). The third kappa shape index (κ3) is 1.97. The molecule has 0 aliphatic heterocycles. The minimum Gasteiger partial charge on any atom is -0.237 e. The number of fused-ring (bicyclic) bond motifs is 1. The van der Waals surface area contributed by atoms with Crippen molar-refractivity contribution in [2.24, 2.45) is 0 Å². The highest BCUT2D eigenvalue weighted by Crippen LogP contribution is 2.37. The second-order valence-corrected chi connectivity index (χ2v) is 4.90. The highest BCUT2D eigenvalue weighted by atomic mass is 127. The van der Waals surface area contributed by atoms with Crippen LogP contribution in [0.3, 0.4) is 0 Å². The molecule has 0 saturated carbocycles. The lowest BCUT2D eigenvalue weighted by Crippen LogP contribution is -2.06. The van der Waals surface area contributed by atoms with Gasteiger partial charge in [0.2, 0.25) is 0 Å². The van der Waals surface area contributed by atoms with E-state index in [1.54, 1.807) is 18.2 Å². The van der Waals surface area contributed by atoms with E-state index in [0.29, 0.717) is 5.52 Å². The Labute approximate surface area is 98.2 Å². The number of para-hydroxylation sites is 1. The number of benzene rings is 1. The van der Waals surface area contributed by atoms with Gasteiger partial charge in [0.25, 0.3) is 0 Å². The number of halogens is 4. The molecule has 1 aromatic carbocycles. The van der Waals surface area contributed by atoms with Crippen LogP contribution in [0.4, 0.5) is 13.2 Å². The van der Waals surface area contributed by atoms with E-state index in [-0.39, 0.29) is 11.8 Å². The lowest BCUT2D eigenvalue weighted by molar-refractivity contribution is -0.140. The van der Waals surface area contributed by atoms with Gasteiger partial charge in [-0.05, 0) is 28.1 Å². The van der Waals surface area contributed by atoms with Crippen molar-refractivity contribution in [3.8, 4) is 0 Å². The maximum Gasteiger partial charge on any atom is 0.435 e. The van der Waals surface area contributed by atoms with Gasteiger partial charge < -0.3 is 0 Å². The summed E-state index contributed by atoms with van der Waals surface area (Å²) in [5.74, 6) is 0. The molecule has 0 aliphatic rings. The minimum absolute atomic E-state index is 0.159. The van der Waals surface area contributed by atoms with Crippen LogP contribution >= 0.6 is 28.4 Å². The van der Waals surface area contributed by atoms with E-state index in [4.69, 9.17) is 0 Å². The summed E-state index contributed by atoms with van der Waals surface area (Å²) in [5, 5.41) is 3.74. The summed E-state index contributed by atoms with van der Waals surface area (Å²) in [6.07, 6.45) is -4.23. The highest BCUT2D eigenvalue weighted by Gasteiger charge is 2.36. The average molecular weight is 344 g/mol. The van der Waals surface area contributed by atoms with Gasteiger partial charge in [-0.1, -0.05) is 18.2 Å². The van der Waals surface area contributed by atoms with Gasteiger partial charge >= 0.3 is 6.18 Å². The summed E-state index contributed by atoms with van der Waals surface area (Å²) in [7, 11) is 0. The Morgan fingerprint density at radius 3 is 2.53 bits per heavy atom. The molecule has 0 fully saturated rings. The molecule has 80 valence electrons. The molecule has 15 heavy (non-hydrogen) atoms. The Hall–Kier alpha value is -0.360. The van der Waals surface area contributed by atoms with Gasteiger partial charge in [0.15, 0.2) is 5.69 Å². The van der Waals surface area contributed by atoms with Crippen LogP contribution in [0, 0.1) is 0 Å². The number of hydrogen-bond acceptors (Lipinski definition) is 1. The molecule has 0 saturated heterocycles. The second-order valence-electron chi connectivity index (χ2n) is 2.86. The predicted octanol–water partition coefficient (Wildman–Crippen LogP) is 3.85. The summed E-state index contributed by atoms with van der Waals surface area (Å²) in [4.78, 5) is 0. The molecule has 0 aliphatic carbocycles. The number of rotatable bonds is 1. The van der Waals surface area contributed by atoms with Crippen LogP contribution in [0.5, 0.6) is 0 Å². The van der Waals surface area contributed by atoms with Crippen molar-refractivity contribution in [3.63, 3.8) is 0 Å². The normalized spacial score (nSPS) is 13.1. The van der Waals surface area contributed by atoms with Crippen LogP contribution in [-0.4, -0.2) is 9.55 Å². The maximum absolute atomic E-state index is 12.6. The van der Waals surface area contributed by atoms with Crippen molar-refractivity contribution < 1.29 is 13.2 Å². The molecule has 2 aromatic rings. The fraction of sp³-hybridized carbons (Fsp3) is 0.125. The van der Waals surface area contributed by atoms with E-state index in [1.807, 2.05) is 22.0 Å². The van der Waals surface area contributed by atoms with E-state index < -0.39 is 11.9 Å². The number of nitrogens with zero attached hydrogens (tertiary/aromatic N) is 2. The number of aromatic nitrogens is 2. The Bertz CT molecular complexity index is 494. The van der Waals surface area contributed by atoms with Gasteiger partial charge in [-0.25, -0.2) is 4.45 Å². The van der Waals surface area contributed by atoms with Gasteiger partial charge in [0.05, 0.1) is 11.9 Å². The summed E-state index contributed by atoms with van der Waals surface area (Å²) in [6, 6.07) is 6.37. The summed E-state index contributed by atoms with van der Waals surface area (Å²) in [5.41, 5.74) is -0.278. The lowest BCUT2D eigenvalue weighted by atomic mass is 10.2. The Morgan fingerprint density at radius 2 is 1.93 bits per heavy atom. The third-order valence-corrected chi connectivity index (χ3v) is 3.81. The molecule has 1 unspecified atom stereocenters. The van der Waals surface area contributed by atoms with Crippen molar-refractivity contribution in [2.75, 3.05) is 0 Å². The smallest absolute Gasteiger partial charge is 0.237 e. The Balaban J connectivity index is 2.76. The van der Waals surface area contributed by atoms with Crippen LogP contribution < -0.4 is 0 Å². The van der Waals surface area contributed by atoms with Crippen molar-refractivity contribution in [2.45, 2.75) is 6.18 Å². The zero-order valence-corrected chi connectivity index (χ0v) is 10.4. The predicted molar refractivity (Wildman–Crippen MR) is 62.5 cm³/mol. The summed E-state index contributed by atoms with van der Waals surface area (Å²) in [6.45, 7) is 0. The highest BCUT2D eigenvalue weighted by molar-refractivity contribution is 14.2. The van der Waals surface area contributed by atoms with Gasteiger partial charge in [-0.3, -0.25) is 0 Å². The molecule has 0 N–H and O–H groups in total. The molecule has 0 bridgehead atoms. The number of hydrogen-bond donors (Lipinski definition) is 0. The number of alkyl halides is 3. The maximum atomic E-state index is 12.6. The van der Waals surface area contributed by atoms with E-state index in [9.17, 15) is 13.2 Å². The van der Waals surface area contributed by atoms with E-state index in [0.717, 1.165) is 0 Å². The van der Waals surface area contributed by atoms with Crippen LogP contribution in [-0.2, 0) is 6.18 Å². The van der Waals surface area contributed by atoms with Crippen molar-refractivity contribution in [3.05, 3.63) is 30.0 Å². The van der Waals surface area contributed by atoms with Gasteiger partial charge in [-0.15, -0.1) is 0 Å². The zero-order chi connectivity index (χ0) is 11.1. The SMILES string of the molecule is FC(F)(F)c1nn(PI)c2ccccc12. The third-order valence-electron chi connectivity index (χ3n) is 1.94. The van der Waals surface area contributed by atoms with Crippen LogP contribution in [0.1, 0.15) is 5.69 Å². The molecule has 1 heterocycles. The van der Waals surface area contributed by atoms with Gasteiger partial charge in [0, 0.05) is 5.39 Å². The lowest BCUT2D eigenvalue weighted by Gasteiger charge is -2.01. The zero-order valence-electron chi connectivity index (χ0n) is 7.22. The molecule has 0 amide bonds. The second kappa shape index (κ2) is 3.90. The average Bonchev–Trinajstić information content (AvgIpc) is 2.55. The Kier molecular flexibility index (Phi) is 2.89. The fourth-order valence-corrected chi connectivity index (χ4v) is 2.87. The summed E-state index contributed by atoms with van der Waals surface area (Å²) >= 11 is 2.00. The molecule has 0 spiro atoms. The molecular weight excluding hydrogens is 339 g/mol. The minimum atomic E-state index is -4.39. The van der Waals surface area contributed by atoms with Crippen molar-refractivity contribution in [1.82, 2.24) is 9.55 Å². The van der Waals surface area contributed by atoms with Crippen LogP contribution in [0.2, 0.25) is 0 Å². The van der Waals surface area contributed by atoms with Gasteiger partial charge in [-0.2, -0.15) is 18.3 Å². The molecule has 2 nitrogen and oxygen atoms in total. The molecule has 1 aromatic heterocycles. The topological polar surface area (TPSA) is 17.8 Å². The first-order valence-electron chi connectivity index (χ1n) is 3.95. The van der Waals surface area contributed by atoms with Crippen LogP contribution in [0.15, 0.2) is 24.3 Å². The largest absolute Gasteiger partial charge is 0.435 e. The molecule has 0 radical (unpaired) electrons. The van der Waals surface area contributed by atoms with Crippen molar-refractivity contribution in [1.29, 1.82) is 0 Å². The molecule has 1 atom stereocenters.